The Morgan fingerprint density at radius 1 is 1.14 bits per heavy atom. The van der Waals surface area contributed by atoms with Gasteiger partial charge in [0.15, 0.2) is 0 Å². The van der Waals surface area contributed by atoms with E-state index in [1.165, 1.54) is 11.3 Å². The molecular weight excluding hydrogens is 284 g/mol. The van der Waals surface area contributed by atoms with E-state index in [1.54, 1.807) is 0 Å². The topological polar surface area (TPSA) is 55.0 Å². The van der Waals surface area contributed by atoms with E-state index in [1.807, 2.05) is 41.8 Å². The van der Waals surface area contributed by atoms with Gasteiger partial charge in [-0.15, -0.1) is 11.3 Å². The van der Waals surface area contributed by atoms with Gasteiger partial charge in [-0.05, 0) is 36.4 Å². The molecule has 0 spiro atoms. The molecule has 3 aromatic rings. The summed E-state index contributed by atoms with van der Waals surface area (Å²) in [6, 6.07) is 11.7. The molecule has 0 amide bonds. The van der Waals surface area contributed by atoms with Crippen molar-refractivity contribution in [3.05, 3.63) is 58.0 Å². The van der Waals surface area contributed by atoms with Crippen molar-refractivity contribution in [1.29, 1.82) is 0 Å². The van der Waals surface area contributed by atoms with Gasteiger partial charge in [-0.25, -0.2) is 4.98 Å². The zero-order valence-electron chi connectivity index (χ0n) is 11.5. The minimum atomic E-state index is -0.0365. The van der Waals surface area contributed by atoms with Crippen molar-refractivity contribution in [1.82, 2.24) is 9.97 Å². The maximum absolute atomic E-state index is 11.8. The second kappa shape index (κ2) is 6.54. The van der Waals surface area contributed by atoms with E-state index in [-0.39, 0.29) is 5.56 Å². The number of hydrogen-bond donors (Lipinski definition) is 1. The molecule has 0 aliphatic carbocycles. The van der Waals surface area contributed by atoms with E-state index >= 15 is 0 Å². The fourth-order valence-electron chi connectivity index (χ4n) is 2.14. The Bertz CT molecular complexity index is 765. The van der Waals surface area contributed by atoms with Gasteiger partial charge in [0.1, 0.15) is 16.3 Å². The third-order valence-electron chi connectivity index (χ3n) is 3.18. The average molecular weight is 300 g/mol. The van der Waals surface area contributed by atoms with Crippen LogP contribution in [0, 0.1) is 0 Å². The van der Waals surface area contributed by atoms with Gasteiger partial charge in [-0.3, -0.25) is 4.79 Å². The van der Waals surface area contributed by atoms with Gasteiger partial charge >= 0.3 is 0 Å². The molecule has 4 nitrogen and oxygen atoms in total. The van der Waals surface area contributed by atoms with Crippen molar-refractivity contribution >= 4 is 21.6 Å². The quantitative estimate of drug-likeness (QED) is 0.710. The highest BCUT2D eigenvalue weighted by Gasteiger charge is 2.04. The number of aromatic amines is 1. The van der Waals surface area contributed by atoms with Gasteiger partial charge in [0, 0.05) is 6.42 Å². The molecule has 1 aromatic carbocycles. The molecule has 108 valence electrons. The Balaban J connectivity index is 1.49. The first-order valence-electron chi connectivity index (χ1n) is 6.97. The van der Waals surface area contributed by atoms with Crippen molar-refractivity contribution in [2.45, 2.75) is 19.3 Å². The molecule has 0 atom stereocenters. The molecular formula is C16H16N2O2S. The summed E-state index contributed by atoms with van der Waals surface area (Å²) in [6.45, 7) is 0.676. The van der Waals surface area contributed by atoms with Gasteiger partial charge in [0.05, 0.1) is 12.1 Å². The van der Waals surface area contributed by atoms with Crippen molar-refractivity contribution < 1.29 is 4.74 Å². The number of para-hydroxylation sites is 1. The lowest BCUT2D eigenvalue weighted by molar-refractivity contribution is 0.306. The number of ether oxygens (including phenoxy) is 1. The predicted octanol–water partition coefficient (Wildman–Crippen LogP) is 3.39. The van der Waals surface area contributed by atoms with Crippen LogP contribution in [0.2, 0.25) is 0 Å². The summed E-state index contributed by atoms with van der Waals surface area (Å²) in [5, 5.41) is 1.89. The molecule has 3 rings (SSSR count). The van der Waals surface area contributed by atoms with Gasteiger partial charge in [-0.1, -0.05) is 18.2 Å². The highest BCUT2D eigenvalue weighted by atomic mass is 32.1. The molecule has 5 heteroatoms. The first-order chi connectivity index (χ1) is 10.3. The summed E-state index contributed by atoms with van der Waals surface area (Å²) in [7, 11) is 0. The zero-order valence-corrected chi connectivity index (χ0v) is 12.4. The van der Waals surface area contributed by atoms with Crippen LogP contribution in [0.3, 0.4) is 0 Å². The van der Waals surface area contributed by atoms with Crippen LogP contribution in [0.5, 0.6) is 5.75 Å². The SMILES string of the molecule is O=c1[nH]c(CCCCOc2ccccc2)nc2ccsc12. The number of thiophene rings is 1. The molecule has 0 bridgehead atoms. The van der Waals surface area contributed by atoms with E-state index in [0.29, 0.717) is 11.3 Å². The largest absolute Gasteiger partial charge is 0.494 e. The minimum absolute atomic E-state index is 0.0365. The number of hydrogen-bond acceptors (Lipinski definition) is 4. The molecule has 2 aromatic heterocycles. The standard InChI is InChI=1S/C16H16N2O2S/c19-16-15-13(9-11-21-15)17-14(18-16)8-4-5-10-20-12-6-2-1-3-7-12/h1-3,6-7,9,11H,4-5,8,10H2,(H,17,18,19). The molecule has 0 aliphatic rings. The van der Waals surface area contributed by atoms with Crippen molar-refractivity contribution in [2.24, 2.45) is 0 Å². The number of nitrogens with zero attached hydrogens (tertiary/aromatic N) is 1. The molecule has 0 aliphatic heterocycles. The van der Waals surface area contributed by atoms with E-state index in [9.17, 15) is 4.79 Å². The van der Waals surface area contributed by atoms with Crippen LogP contribution in [0.1, 0.15) is 18.7 Å². The van der Waals surface area contributed by atoms with Gasteiger partial charge in [-0.2, -0.15) is 0 Å². The van der Waals surface area contributed by atoms with E-state index in [2.05, 4.69) is 9.97 Å². The highest BCUT2D eigenvalue weighted by Crippen LogP contribution is 2.14. The molecule has 0 radical (unpaired) electrons. The summed E-state index contributed by atoms with van der Waals surface area (Å²) in [5.41, 5.74) is 0.754. The van der Waals surface area contributed by atoms with Crippen LogP contribution in [-0.4, -0.2) is 16.6 Å². The lowest BCUT2D eigenvalue weighted by Crippen LogP contribution is -2.10. The number of nitrogens with one attached hydrogen (secondary N) is 1. The smallest absolute Gasteiger partial charge is 0.268 e. The lowest BCUT2D eigenvalue weighted by atomic mass is 10.2. The second-order valence-electron chi connectivity index (χ2n) is 4.77. The summed E-state index contributed by atoms with van der Waals surface area (Å²) in [5.74, 6) is 1.65. The van der Waals surface area contributed by atoms with Crippen LogP contribution in [0.15, 0.2) is 46.6 Å². The molecule has 0 saturated carbocycles. The molecule has 2 heterocycles. The Hall–Kier alpha value is -2.14. The van der Waals surface area contributed by atoms with Gasteiger partial charge in [0.2, 0.25) is 0 Å². The van der Waals surface area contributed by atoms with E-state index in [4.69, 9.17) is 4.74 Å². The number of H-pyrrole nitrogens is 1. The van der Waals surface area contributed by atoms with Crippen LogP contribution in [-0.2, 0) is 6.42 Å². The Labute approximate surface area is 126 Å². The second-order valence-corrected chi connectivity index (χ2v) is 5.68. The van der Waals surface area contributed by atoms with Crippen LogP contribution in [0.4, 0.5) is 0 Å². The number of benzene rings is 1. The fourth-order valence-corrected chi connectivity index (χ4v) is 2.87. The number of fused-ring (bicyclic) bond motifs is 1. The molecule has 0 unspecified atom stereocenters. The number of aromatic nitrogens is 2. The molecule has 0 fully saturated rings. The monoisotopic (exact) mass is 300 g/mol. The van der Waals surface area contributed by atoms with Crippen molar-refractivity contribution in [2.75, 3.05) is 6.61 Å². The highest BCUT2D eigenvalue weighted by molar-refractivity contribution is 7.17. The zero-order chi connectivity index (χ0) is 14.5. The van der Waals surface area contributed by atoms with Crippen LogP contribution in [0.25, 0.3) is 10.2 Å². The normalized spacial score (nSPS) is 10.9. The first kappa shape index (κ1) is 13.8. The summed E-state index contributed by atoms with van der Waals surface area (Å²) >= 11 is 1.43. The molecule has 0 saturated heterocycles. The number of rotatable bonds is 6. The summed E-state index contributed by atoms with van der Waals surface area (Å²) < 4.78 is 6.33. The maximum Gasteiger partial charge on any atom is 0.268 e. The third kappa shape index (κ3) is 3.49. The van der Waals surface area contributed by atoms with Gasteiger partial charge in [0.25, 0.3) is 5.56 Å². The fraction of sp³-hybridized carbons (Fsp3) is 0.250. The Kier molecular flexibility index (Phi) is 4.31. The van der Waals surface area contributed by atoms with Gasteiger partial charge < -0.3 is 9.72 Å². The number of aryl methyl sites for hydroxylation is 1. The van der Waals surface area contributed by atoms with Crippen LogP contribution < -0.4 is 10.3 Å². The minimum Gasteiger partial charge on any atom is -0.494 e. The van der Waals surface area contributed by atoms with Crippen molar-refractivity contribution in [3.8, 4) is 5.75 Å². The Morgan fingerprint density at radius 2 is 2.00 bits per heavy atom. The van der Waals surface area contributed by atoms with Crippen LogP contribution >= 0.6 is 11.3 Å². The maximum atomic E-state index is 11.8. The third-order valence-corrected chi connectivity index (χ3v) is 4.09. The van der Waals surface area contributed by atoms with E-state index < -0.39 is 0 Å². The number of unbranched alkanes of at least 4 members (excludes halogenated alkanes) is 1. The predicted molar refractivity (Wildman–Crippen MR) is 85.1 cm³/mol. The summed E-state index contributed by atoms with van der Waals surface area (Å²) in [6.07, 6.45) is 2.63. The first-order valence-corrected chi connectivity index (χ1v) is 7.85. The Morgan fingerprint density at radius 3 is 2.86 bits per heavy atom. The lowest BCUT2D eigenvalue weighted by Gasteiger charge is -2.05. The summed E-state index contributed by atoms with van der Waals surface area (Å²) in [4.78, 5) is 19.1. The molecule has 1 N–H and O–H groups in total. The average Bonchev–Trinajstić information content (AvgIpc) is 2.97. The molecule has 21 heavy (non-hydrogen) atoms. The van der Waals surface area contributed by atoms with Crippen molar-refractivity contribution in [3.63, 3.8) is 0 Å². The van der Waals surface area contributed by atoms with E-state index in [0.717, 1.165) is 36.4 Å².